The molecular weight excluding hydrogens is 330 g/mol. The maximum Gasteiger partial charge on any atom is 0.282 e. The van der Waals surface area contributed by atoms with Crippen LogP contribution in [0.3, 0.4) is 0 Å². The number of hydrogen-bond acceptors (Lipinski definition) is 7. The van der Waals surface area contributed by atoms with Gasteiger partial charge in [-0.15, -0.1) is 0 Å². The number of hydrazine groups is 1. The van der Waals surface area contributed by atoms with Crippen molar-refractivity contribution in [3.8, 4) is 12.1 Å². The first-order valence-electron chi connectivity index (χ1n) is 8.63. The minimum Gasteiger partial charge on any atom is -0.368 e. The standard InChI is InChI=1S/C18H25N7O/c1-12-7-17(25-11-13(2)24(4)10-14(25)3)16(8-20)18(26)23-21-9-15(22-12)5-6-19/h9,13-14,21H,5,7,10-11H2,1-4H3,(H,23,26)/b15-9-,17-16+,22-12+/t13-,14?/m1/s1. The van der Waals surface area contributed by atoms with Gasteiger partial charge in [0.25, 0.3) is 5.91 Å². The van der Waals surface area contributed by atoms with Gasteiger partial charge in [0.15, 0.2) is 0 Å². The Morgan fingerprint density at radius 1 is 1.31 bits per heavy atom. The highest BCUT2D eigenvalue weighted by Crippen LogP contribution is 2.24. The molecule has 1 amide bonds. The molecule has 0 saturated carbocycles. The predicted octanol–water partition coefficient (Wildman–Crippen LogP) is 1.03. The van der Waals surface area contributed by atoms with E-state index in [1.165, 1.54) is 6.20 Å². The number of likely N-dealkylation sites (N-methyl/N-ethyl adjacent to an activating group) is 1. The highest BCUT2D eigenvalue weighted by molar-refractivity contribution is 5.99. The van der Waals surface area contributed by atoms with Crippen LogP contribution in [0.2, 0.25) is 0 Å². The Bertz CT molecular complexity index is 738. The molecule has 2 aliphatic heterocycles. The van der Waals surface area contributed by atoms with Crippen LogP contribution in [-0.4, -0.2) is 53.6 Å². The molecule has 1 unspecified atom stereocenters. The second-order valence-corrected chi connectivity index (χ2v) is 6.82. The Morgan fingerprint density at radius 3 is 2.69 bits per heavy atom. The zero-order valence-electron chi connectivity index (χ0n) is 15.7. The van der Waals surface area contributed by atoms with E-state index >= 15 is 0 Å². The lowest BCUT2D eigenvalue weighted by molar-refractivity contribution is -0.118. The van der Waals surface area contributed by atoms with Crippen LogP contribution in [0.4, 0.5) is 0 Å². The van der Waals surface area contributed by atoms with E-state index in [2.05, 4.69) is 58.7 Å². The third-order valence-corrected chi connectivity index (χ3v) is 4.71. The highest BCUT2D eigenvalue weighted by Gasteiger charge is 2.31. The highest BCUT2D eigenvalue weighted by atomic mass is 16.2. The van der Waals surface area contributed by atoms with Crippen LogP contribution in [0.15, 0.2) is 28.2 Å². The van der Waals surface area contributed by atoms with Crippen LogP contribution in [0.5, 0.6) is 0 Å². The summed E-state index contributed by atoms with van der Waals surface area (Å²) in [6, 6.07) is 4.60. The maximum atomic E-state index is 12.5. The monoisotopic (exact) mass is 355 g/mol. The normalized spacial score (nSPS) is 32.1. The van der Waals surface area contributed by atoms with Gasteiger partial charge < -0.3 is 10.3 Å². The molecule has 1 fully saturated rings. The third-order valence-electron chi connectivity index (χ3n) is 4.71. The van der Waals surface area contributed by atoms with Crippen molar-refractivity contribution in [2.45, 2.75) is 45.7 Å². The number of rotatable bonds is 2. The summed E-state index contributed by atoms with van der Waals surface area (Å²) in [5.41, 5.74) is 7.20. The molecule has 0 aliphatic carbocycles. The van der Waals surface area contributed by atoms with Gasteiger partial charge in [0, 0.05) is 49.2 Å². The van der Waals surface area contributed by atoms with Crippen LogP contribution in [0.1, 0.15) is 33.6 Å². The van der Waals surface area contributed by atoms with Gasteiger partial charge >= 0.3 is 0 Å². The zero-order valence-corrected chi connectivity index (χ0v) is 15.7. The Labute approximate surface area is 154 Å². The van der Waals surface area contributed by atoms with E-state index in [0.29, 0.717) is 23.9 Å². The molecule has 1 saturated heterocycles. The molecule has 2 aliphatic rings. The lowest BCUT2D eigenvalue weighted by Crippen LogP contribution is -2.55. The summed E-state index contributed by atoms with van der Waals surface area (Å²) < 4.78 is 0. The summed E-state index contributed by atoms with van der Waals surface area (Å²) in [6.07, 6.45) is 2.00. The first kappa shape index (κ1) is 19.5. The Morgan fingerprint density at radius 2 is 2.04 bits per heavy atom. The van der Waals surface area contributed by atoms with Crippen molar-refractivity contribution >= 4 is 11.6 Å². The maximum absolute atomic E-state index is 12.5. The summed E-state index contributed by atoms with van der Waals surface area (Å²) in [6.45, 7) is 7.64. The largest absolute Gasteiger partial charge is 0.368 e. The second kappa shape index (κ2) is 8.50. The number of nitrogens with zero attached hydrogens (tertiary/aromatic N) is 5. The average Bonchev–Trinajstić information content (AvgIpc) is 2.57. The molecule has 0 aromatic carbocycles. The first-order chi connectivity index (χ1) is 12.4. The molecule has 138 valence electrons. The molecule has 26 heavy (non-hydrogen) atoms. The van der Waals surface area contributed by atoms with Crippen LogP contribution in [0, 0.1) is 22.7 Å². The summed E-state index contributed by atoms with van der Waals surface area (Å²) >= 11 is 0. The number of aliphatic imine (C=N–C) groups is 1. The number of nitriles is 2. The molecule has 0 bridgehead atoms. The second-order valence-electron chi connectivity index (χ2n) is 6.82. The molecular formula is C18H25N7O. The van der Waals surface area contributed by atoms with Gasteiger partial charge in [0.05, 0.1) is 18.2 Å². The van der Waals surface area contributed by atoms with Gasteiger partial charge in [0.1, 0.15) is 11.6 Å². The smallest absolute Gasteiger partial charge is 0.282 e. The lowest BCUT2D eigenvalue weighted by atomic mass is 10.0. The van der Waals surface area contributed by atoms with E-state index in [9.17, 15) is 10.1 Å². The Kier molecular flexibility index (Phi) is 6.37. The van der Waals surface area contributed by atoms with E-state index < -0.39 is 5.91 Å². The molecule has 2 atom stereocenters. The van der Waals surface area contributed by atoms with Gasteiger partial charge in [0.2, 0.25) is 0 Å². The van der Waals surface area contributed by atoms with Crippen molar-refractivity contribution in [3.05, 3.63) is 23.2 Å². The summed E-state index contributed by atoms with van der Waals surface area (Å²) in [4.78, 5) is 21.4. The molecule has 0 aromatic heterocycles. The summed E-state index contributed by atoms with van der Waals surface area (Å²) in [5, 5.41) is 18.6. The first-order valence-corrected chi connectivity index (χ1v) is 8.63. The van der Waals surface area contributed by atoms with E-state index in [-0.39, 0.29) is 18.0 Å². The van der Waals surface area contributed by atoms with Crippen molar-refractivity contribution in [1.82, 2.24) is 20.7 Å². The minimum atomic E-state index is -0.483. The van der Waals surface area contributed by atoms with E-state index in [1.807, 2.05) is 6.92 Å². The minimum absolute atomic E-state index is 0.0905. The van der Waals surface area contributed by atoms with Gasteiger partial charge in [-0.3, -0.25) is 20.1 Å². The molecule has 2 N–H and O–H groups in total. The molecule has 0 spiro atoms. The van der Waals surface area contributed by atoms with E-state index in [0.717, 1.165) is 18.8 Å². The fraction of sp³-hybridized carbons (Fsp3) is 0.556. The van der Waals surface area contributed by atoms with Crippen molar-refractivity contribution in [1.29, 1.82) is 10.5 Å². The fourth-order valence-electron chi connectivity index (χ4n) is 3.23. The van der Waals surface area contributed by atoms with Crippen LogP contribution < -0.4 is 10.9 Å². The number of carbonyl (C=O) groups excluding carboxylic acids is 1. The molecule has 2 heterocycles. The van der Waals surface area contributed by atoms with Crippen molar-refractivity contribution < 1.29 is 4.79 Å². The summed E-state index contributed by atoms with van der Waals surface area (Å²) in [5.74, 6) is -0.483. The number of hydrogen-bond donors (Lipinski definition) is 2. The average molecular weight is 355 g/mol. The Balaban J connectivity index is 2.46. The SMILES string of the molecule is C/C1=N\C(CC#N)=C/NNC(=O)/C(C#N)=C(/N2C[C@@H](C)N(C)CC2C)C1. The number of piperazine rings is 1. The number of nitrogens with one attached hydrogen (secondary N) is 2. The predicted molar refractivity (Wildman–Crippen MR) is 98.2 cm³/mol. The van der Waals surface area contributed by atoms with E-state index in [4.69, 9.17) is 5.26 Å². The molecule has 2 rings (SSSR count). The Hall–Kier alpha value is -2.84. The van der Waals surface area contributed by atoms with Crippen LogP contribution >= 0.6 is 0 Å². The van der Waals surface area contributed by atoms with Gasteiger partial charge in [-0.1, -0.05) is 0 Å². The quantitative estimate of drug-likeness (QED) is 0.766. The van der Waals surface area contributed by atoms with Crippen molar-refractivity contribution in [3.63, 3.8) is 0 Å². The van der Waals surface area contributed by atoms with Crippen LogP contribution in [0.25, 0.3) is 0 Å². The molecule has 0 aromatic rings. The number of carbonyl (C=O) groups is 1. The van der Waals surface area contributed by atoms with Crippen molar-refractivity contribution in [2.75, 3.05) is 20.1 Å². The lowest BCUT2D eigenvalue weighted by Gasteiger charge is -2.45. The third kappa shape index (κ3) is 4.41. The number of allylic oxidation sites excluding steroid dienone is 2. The topological polar surface area (TPSA) is 108 Å². The zero-order chi connectivity index (χ0) is 19.3. The fourth-order valence-corrected chi connectivity index (χ4v) is 3.23. The van der Waals surface area contributed by atoms with Gasteiger partial charge in [-0.25, -0.2) is 0 Å². The molecule has 8 heteroatoms. The molecule has 8 nitrogen and oxygen atoms in total. The molecule has 0 radical (unpaired) electrons. The summed E-state index contributed by atoms with van der Waals surface area (Å²) in [7, 11) is 2.08. The van der Waals surface area contributed by atoms with E-state index in [1.54, 1.807) is 0 Å². The number of amides is 1. The van der Waals surface area contributed by atoms with Gasteiger partial charge in [-0.05, 0) is 27.8 Å². The van der Waals surface area contributed by atoms with Crippen LogP contribution in [-0.2, 0) is 4.79 Å². The van der Waals surface area contributed by atoms with Gasteiger partial charge in [-0.2, -0.15) is 10.5 Å². The van der Waals surface area contributed by atoms with Crippen molar-refractivity contribution in [2.24, 2.45) is 4.99 Å².